The molecule has 0 fully saturated rings. The van der Waals surface area contributed by atoms with Crippen molar-refractivity contribution >= 4 is 11.6 Å². The van der Waals surface area contributed by atoms with E-state index >= 15 is 0 Å². The fraction of sp³-hybridized carbons (Fsp3) is 0.214. The molecule has 1 N–H and O–H groups in total. The summed E-state index contributed by atoms with van der Waals surface area (Å²) in [6.45, 7) is 4.36. The molecule has 0 unspecified atom stereocenters. The van der Waals surface area contributed by atoms with Crippen molar-refractivity contribution in [1.29, 1.82) is 0 Å². The lowest BCUT2D eigenvalue weighted by Crippen LogP contribution is -2.14. The van der Waals surface area contributed by atoms with Gasteiger partial charge < -0.3 is 10.1 Å². The third-order valence-electron chi connectivity index (χ3n) is 2.45. The van der Waals surface area contributed by atoms with E-state index in [1.165, 1.54) is 0 Å². The lowest BCUT2D eigenvalue weighted by Gasteiger charge is -2.06. The molecule has 2 aromatic rings. The molecule has 5 nitrogen and oxygen atoms in total. The monoisotopic (exact) mass is 257 g/mol. The second-order valence-corrected chi connectivity index (χ2v) is 3.97. The maximum Gasteiger partial charge on any atom is 0.276 e. The van der Waals surface area contributed by atoms with E-state index in [1.54, 1.807) is 36.4 Å². The third-order valence-corrected chi connectivity index (χ3v) is 2.45. The van der Waals surface area contributed by atoms with Crippen LogP contribution in [0, 0.1) is 6.92 Å². The SMILES string of the molecule is CCOc1ccc(NC(=O)c2ccc(C)nn2)cc1. The molecule has 0 radical (unpaired) electrons. The van der Waals surface area contributed by atoms with E-state index in [-0.39, 0.29) is 5.91 Å². The molecule has 98 valence electrons. The normalized spacial score (nSPS) is 10.0. The Morgan fingerprint density at radius 2 is 1.89 bits per heavy atom. The standard InChI is InChI=1S/C14H15N3O2/c1-3-19-12-7-5-11(6-8-12)15-14(18)13-9-4-10(2)16-17-13/h4-9H,3H2,1-2H3,(H,15,18). The van der Waals surface area contributed by atoms with Gasteiger partial charge in [0.05, 0.1) is 12.3 Å². The van der Waals surface area contributed by atoms with E-state index < -0.39 is 0 Å². The Hall–Kier alpha value is -2.43. The summed E-state index contributed by atoms with van der Waals surface area (Å²) in [6, 6.07) is 10.6. The van der Waals surface area contributed by atoms with E-state index in [0.29, 0.717) is 18.0 Å². The minimum atomic E-state index is -0.281. The van der Waals surface area contributed by atoms with Crippen molar-refractivity contribution in [3.8, 4) is 5.75 Å². The zero-order valence-electron chi connectivity index (χ0n) is 10.9. The minimum absolute atomic E-state index is 0.281. The predicted octanol–water partition coefficient (Wildman–Crippen LogP) is 2.44. The number of carbonyl (C=O) groups excluding carboxylic acids is 1. The average Bonchev–Trinajstić information content (AvgIpc) is 2.42. The summed E-state index contributed by atoms with van der Waals surface area (Å²) in [5.41, 5.74) is 1.76. The average molecular weight is 257 g/mol. The van der Waals surface area contributed by atoms with Gasteiger partial charge in [0.25, 0.3) is 5.91 Å². The van der Waals surface area contributed by atoms with Crippen molar-refractivity contribution in [1.82, 2.24) is 10.2 Å². The quantitative estimate of drug-likeness (QED) is 0.913. The van der Waals surface area contributed by atoms with Gasteiger partial charge in [0.15, 0.2) is 5.69 Å². The minimum Gasteiger partial charge on any atom is -0.494 e. The van der Waals surface area contributed by atoms with Crippen molar-refractivity contribution in [3.63, 3.8) is 0 Å². The van der Waals surface area contributed by atoms with Gasteiger partial charge in [-0.15, -0.1) is 5.10 Å². The van der Waals surface area contributed by atoms with Gasteiger partial charge in [-0.2, -0.15) is 5.10 Å². The number of rotatable bonds is 4. The molecule has 1 aromatic heterocycles. The number of amides is 1. The first-order valence-electron chi connectivity index (χ1n) is 6.03. The van der Waals surface area contributed by atoms with Crippen molar-refractivity contribution < 1.29 is 9.53 Å². The Labute approximate surface area is 111 Å². The summed E-state index contributed by atoms with van der Waals surface area (Å²) in [7, 11) is 0. The molecule has 1 aromatic carbocycles. The van der Waals surface area contributed by atoms with E-state index in [2.05, 4.69) is 15.5 Å². The second kappa shape index (κ2) is 5.95. The van der Waals surface area contributed by atoms with Crippen molar-refractivity contribution in [2.75, 3.05) is 11.9 Å². The van der Waals surface area contributed by atoms with E-state index in [9.17, 15) is 4.79 Å². The Kier molecular flexibility index (Phi) is 4.07. The van der Waals surface area contributed by atoms with Crippen LogP contribution in [-0.2, 0) is 0 Å². The Morgan fingerprint density at radius 3 is 2.47 bits per heavy atom. The molecule has 0 aliphatic heterocycles. The van der Waals surface area contributed by atoms with E-state index in [1.807, 2.05) is 13.8 Å². The molecule has 0 aliphatic carbocycles. The number of ether oxygens (including phenoxy) is 1. The number of nitrogens with zero attached hydrogens (tertiary/aromatic N) is 2. The van der Waals surface area contributed by atoms with Crippen LogP contribution in [0.5, 0.6) is 5.75 Å². The van der Waals surface area contributed by atoms with Crippen LogP contribution in [0.3, 0.4) is 0 Å². The predicted molar refractivity (Wildman–Crippen MR) is 72.3 cm³/mol. The first-order valence-corrected chi connectivity index (χ1v) is 6.03. The number of hydrogen-bond acceptors (Lipinski definition) is 4. The van der Waals surface area contributed by atoms with Gasteiger partial charge in [-0.25, -0.2) is 0 Å². The molecule has 1 amide bonds. The molecule has 0 saturated heterocycles. The molecule has 1 heterocycles. The van der Waals surface area contributed by atoms with E-state index in [4.69, 9.17) is 4.74 Å². The van der Waals surface area contributed by atoms with Crippen LogP contribution in [0.1, 0.15) is 23.1 Å². The fourth-order valence-electron chi connectivity index (χ4n) is 1.52. The number of aromatic nitrogens is 2. The summed E-state index contributed by atoms with van der Waals surface area (Å²) >= 11 is 0. The van der Waals surface area contributed by atoms with E-state index in [0.717, 1.165) is 11.4 Å². The van der Waals surface area contributed by atoms with Crippen LogP contribution in [0.15, 0.2) is 36.4 Å². The number of hydrogen-bond donors (Lipinski definition) is 1. The van der Waals surface area contributed by atoms with Crippen LogP contribution in [0.2, 0.25) is 0 Å². The lowest BCUT2D eigenvalue weighted by molar-refractivity contribution is 0.102. The van der Waals surface area contributed by atoms with Crippen molar-refractivity contribution in [2.45, 2.75) is 13.8 Å². The maximum absolute atomic E-state index is 11.9. The van der Waals surface area contributed by atoms with Gasteiger partial charge in [-0.3, -0.25) is 4.79 Å². The Bertz CT molecular complexity index is 550. The van der Waals surface area contributed by atoms with Crippen LogP contribution < -0.4 is 10.1 Å². The summed E-state index contributed by atoms with van der Waals surface area (Å²) < 4.78 is 5.33. The first-order chi connectivity index (χ1) is 9.19. The molecule has 0 spiro atoms. The number of anilines is 1. The molecular formula is C14H15N3O2. The Morgan fingerprint density at radius 1 is 1.16 bits per heavy atom. The molecule has 0 atom stereocenters. The first kappa shape index (κ1) is 13.0. The van der Waals surface area contributed by atoms with Gasteiger partial charge in [0.2, 0.25) is 0 Å². The summed E-state index contributed by atoms with van der Waals surface area (Å²) in [5, 5.41) is 10.4. The van der Waals surface area contributed by atoms with Gasteiger partial charge >= 0.3 is 0 Å². The second-order valence-electron chi connectivity index (χ2n) is 3.97. The summed E-state index contributed by atoms with van der Waals surface area (Å²) in [4.78, 5) is 11.9. The number of benzene rings is 1. The highest BCUT2D eigenvalue weighted by Crippen LogP contribution is 2.16. The molecule has 5 heteroatoms. The molecule has 19 heavy (non-hydrogen) atoms. The lowest BCUT2D eigenvalue weighted by atomic mass is 10.3. The number of aryl methyl sites for hydroxylation is 1. The zero-order chi connectivity index (χ0) is 13.7. The maximum atomic E-state index is 11.9. The topological polar surface area (TPSA) is 64.1 Å². The Balaban J connectivity index is 2.04. The number of carbonyl (C=O) groups is 1. The fourth-order valence-corrected chi connectivity index (χ4v) is 1.52. The highest BCUT2D eigenvalue weighted by molar-refractivity contribution is 6.02. The highest BCUT2D eigenvalue weighted by atomic mass is 16.5. The highest BCUT2D eigenvalue weighted by Gasteiger charge is 2.07. The zero-order valence-corrected chi connectivity index (χ0v) is 10.9. The molecule has 2 rings (SSSR count). The molecular weight excluding hydrogens is 242 g/mol. The van der Waals surface area contributed by atoms with Gasteiger partial charge in [-0.05, 0) is 50.2 Å². The van der Waals surface area contributed by atoms with Crippen LogP contribution >= 0.6 is 0 Å². The number of nitrogens with one attached hydrogen (secondary N) is 1. The van der Waals surface area contributed by atoms with Crippen molar-refractivity contribution in [2.24, 2.45) is 0 Å². The summed E-state index contributed by atoms with van der Waals surface area (Å²) in [5.74, 6) is 0.493. The van der Waals surface area contributed by atoms with Gasteiger partial charge in [0.1, 0.15) is 5.75 Å². The summed E-state index contributed by atoms with van der Waals surface area (Å²) in [6.07, 6.45) is 0. The van der Waals surface area contributed by atoms with Gasteiger partial charge in [0, 0.05) is 5.69 Å². The smallest absolute Gasteiger partial charge is 0.276 e. The van der Waals surface area contributed by atoms with Crippen molar-refractivity contribution in [3.05, 3.63) is 47.8 Å². The third kappa shape index (κ3) is 3.51. The largest absolute Gasteiger partial charge is 0.494 e. The van der Waals surface area contributed by atoms with Crippen LogP contribution in [0.4, 0.5) is 5.69 Å². The van der Waals surface area contributed by atoms with Crippen LogP contribution in [-0.4, -0.2) is 22.7 Å². The van der Waals surface area contributed by atoms with Gasteiger partial charge in [-0.1, -0.05) is 0 Å². The molecule has 0 saturated carbocycles. The molecule has 0 aliphatic rings. The van der Waals surface area contributed by atoms with Crippen LogP contribution in [0.25, 0.3) is 0 Å². The molecule has 0 bridgehead atoms.